The van der Waals surface area contributed by atoms with Crippen LogP contribution in [0.4, 0.5) is 13.2 Å². The molecule has 2 aliphatic heterocycles. The highest BCUT2D eigenvalue weighted by atomic mass is 19.4. The van der Waals surface area contributed by atoms with Crippen LogP contribution < -0.4 is 4.74 Å². The minimum absolute atomic E-state index is 0.103. The number of likely N-dealkylation sites (tertiary alicyclic amines) is 2. The van der Waals surface area contributed by atoms with E-state index in [-0.39, 0.29) is 11.9 Å². The van der Waals surface area contributed by atoms with Crippen LogP contribution >= 0.6 is 0 Å². The van der Waals surface area contributed by atoms with Gasteiger partial charge in [-0.15, -0.1) is 0 Å². The molecule has 7 heteroatoms. The zero-order chi connectivity index (χ0) is 22.7. The molecule has 4 rings (SSSR count). The molecule has 0 saturated carbocycles. The number of rotatable bonds is 6. The van der Waals surface area contributed by atoms with E-state index in [1.54, 1.807) is 0 Å². The van der Waals surface area contributed by atoms with Crippen molar-refractivity contribution < 1.29 is 22.7 Å². The van der Waals surface area contributed by atoms with Gasteiger partial charge in [-0.1, -0.05) is 24.3 Å². The second-order valence-corrected chi connectivity index (χ2v) is 8.68. The Bertz CT molecular complexity index is 912. The molecule has 0 radical (unpaired) electrons. The van der Waals surface area contributed by atoms with Crippen LogP contribution in [0.1, 0.15) is 42.9 Å². The maximum absolute atomic E-state index is 12.8. The maximum Gasteiger partial charge on any atom is 0.416 e. The second-order valence-electron chi connectivity index (χ2n) is 8.68. The van der Waals surface area contributed by atoms with E-state index in [0.29, 0.717) is 25.5 Å². The monoisotopic (exact) mass is 446 g/mol. The smallest absolute Gasteiger partial charge is 0.416 e. The molecule has 2 aromatic carbocycles. The number of hydrogen-bond acceptors (Lipinski definition) is 3. The second kappa shape index (κ2) is 9.53. The van der Waals surface area contributed by atoms with Gasteiger partial charge < -0.3 is 9.64 Å². The van der Waals surface area contributed by atoms with Crippen molar-refractivity contribution in [2.45, 2.75) is 51.5 Å². The van der Waals surface area contributed by atoms with Gasteiger partial charge in [-0.05, 0) is 61.1 Å². The molecule has 32 heavy (non-hydrogen) atoms. The number of fused-ring (bicyclic) bond motifs is 1. The van der Waals surface area contributed by atoms with E-state index in [9.17, 15) is 18.0 Å². The maximum atomic E-state index is 12.8. The Morgan fingerprint density at radius 2 is 1.62 bits per heavy atom. The zero-order valence-electron chi connectivity index (χ0n) is 18.3. The normalized spacial score (nSPS) is 22.0. The van der Waals surface area contributed by atoms with E-state index in [0.717, 1.165) is 55.9 Å². The van der Waals surface area contributed by atoms with Crippen LogP contribution in [0.25, 0.3) is 0 Å². The number of hydrogen-bond donors (Lipinski definition) is 0. The van der Waals surface area contributed by atoms with E-state index in [1.165, 1.54) is 17.7 Å². The molecule has 0 spiro atoms. The number of carbonyl (C=O) groups excluding carboxylic acids is 1. The first-order valence-corrected chi connectivity index (χ1v) is 11.2. The van der Waals surface area contributed by atoms with Gasteiger partial charge >= 0.3 is 6.18 Å². The lowest BCUT2D eigenvalue weighted by Crippen LogP contribution is -2.55. The first-order chi connectivity index (χ1) is 15.3. The number of carbonyl (C=O) groups is 1. The van der Waals surface area contributed by atoms with E-state index < -0.39 is 11.7 Å². The topological polar surface area (TPSA) is 32.8 Å². The number of ether oxygens (including phenoxy) is 1. The SMILES string of the molecule is CCOc1ccc(CN2CC[C@H]3[C@H](CCC(=O)N3Cc3ccc(C(F)(F)F)cc3)C2)cc1. The highest BCUT2D eigenvalue weighted by Gasteiger charge is 2.39. The summed E-state index contributed by atoms with van der Waals surface area (Å²) < 4.78 is 44.0. The van der Waals surface area contributed by atoms with Crippen molar-refractivity contribution in [2.75, 3.05) is 19.7 Å². The van der Waals surface area contributed by atoms with Gasteiger partial charge in [0.1, 0.15) is 5.75 Å². The van der Waals surface area contributed by atoms with Gasteiger partial charge in [-0.25, -0.2) is 0 Å². The third-order valence-corrected chi connectivity index (χ3v) is 6.50. The highest BCUT2D eigenvalue weighted by Crippen LogP contribution is 2.34. The number of alkyl halides is 3. The van der Waals surface area contributed by atoms with E-state index in [1.807, 2.05) is 24.0 Å². The Morgan fingerprint density at radius 3 is 2.28 bits per heavy atom. The number of piperidine rings is 2. The Hall–Kier alpha value is -2.54. The molecular weight excluding hydrogens is 417 g/mol. The van der Waals surface area contributed by atoms with Crippen LogP contribution in [-0.2, 0) is 24.1 Å². The summed E-state index contributed by atoms with van der Waals surface area (Å²) >= 11 is 0. The number of halogens is 3. The lowest BCUT2D eigenvalue weighted by Gasteiger charge is -2.47. The van der Waals surface area contributed by atoms with Crippen molar-refractivity contribution in [2.24, 2.45) is 5.92 Å². The summed E-state index contributed by atoms with van der Waals surface area (Å²) in [5.74, 6) is 1.37. The fourth-order valence-electron chi connectivity index (χ4n) is 4.89. The fraction of sp³-hybridized carbons (Fsp3) is 0.480. The highest BCUT2D eigenvalue weighted by molar-refractivity contribution is 5.77. The predicted molar refractivity (Wildman–Crippen MR) is 116 cm³/mol. The minimum Gasteiger partial charge on any atom is -0.494 e. The van der Waals surface area contributed by atoms with Gasteiger partial charge in [0.05, 0.1) is 12.2 Å². The summed E-state index contributed by atoms with van der Waals surface area (Å²) in [6, 6.07) is 13.5. The summed E-state index contributed by atoms with van der Waals surface area (Å²) in [6.07, 6.45) is -2.10. The van der Waals surface area contributed by atoms with Crippen LogP contribution in [0, 0.1) is 5.92 Å². The largest absolute Gasteiger partial charge is 0.494 e. The summed E-state index contributed by atoms with van der Waals surface area (Å²) in [5, 5.41) is 0. The van der Waals surface area contributed by atoms with Gasteiger partial charge in [-0.3, -0.25) is 9.69 Å². The van der Waals surface area contributed by atoms with Gasteiger partial charge in [0.2, 0.25) is 5.91 Å². The Balaban J connectivity index is 1.38. The van der Waals surface area contributed by atoms with Crippen molar-refractivity contribution in [3.05, 3.63) is 65.2 Å². The molecule has 2 aliphatic rings. The van der Waals surface area contributed by atoms with Crippen LogP contribution in [-0.4, -0.2) is 41.4 Å². The number of benzene rings is 2. The summed E-state index contributed by atoms with van der Waals surface area (Å²) in [7, 11) is 0. The molecule has 2 atom stereocenters. The molecule has 0 aliphatic carbocycles. The average Bonchev–Trinajstić information content (AvgIpc) is 2.77. The summed E-state index contributed by atoms with van der Waals surface area (Å²) in [5.41, 5.74) is 1.32. The Labute approximate surface area is 187 Å². The van der Waals surface area contributed by atoms with Crippen molar-refractivity contribution in [1.82, 2.24) is 9.80 Å². The number of nitrogens with zero attached hydrogens (tertiary/aromatic N) is 2. The fourth-order valence-corrected chi connectivity index (χ4v) is 4.89. The third-order valence-electron chi connectivity index (χ3n) is 6.50. The molecule has 2 saturated heterocycles. The van der Waals surface area contributed by atoms with Gasteiger partial charge in [-0.2, -0.15) is 13.2 Å². The molecule has 172 valence electrons. The first-order valence-electron chi connectivity index (χ1n) is 11.2. The lowest BCUT2D eigenvalue weighted by atomic mass is 9.83. The van der Waals surface area contributed by atoms with E-state index >= 15 is 0 Å². The first kappa shape index (κ1) is 22.6. The van der Waals surface area contributed by atoms with Crippen molar-refractivity contribution in [3.8, 4) is 5.75 Å². The Morgan fingerprint density at radius 1 is 0.969 bits per heavy atom. The zero-order valence-corrected chi connectivity index (χ0v) is 18.3. The van der Waals surface area contributed by atoms with Crippen LogP contribution in [0.15, 0.2) is 48.5 Å². The molecule has 0 N–H and O–H groups in total. The van der Waals surface area contributed by atoms with E-state index in [2.05, 4.69) is 17.0 Å². The van der Waals surface area contributed by atoms with Gasteiger partial charge in [0.25, 0.3) is 0 Å². The lowest BCUT2D eigenvalue weighted by molar-refractivity contribution is -0.142. The molecule has 1 amide bonds. The molecule has 4 nitrogen and oxygen atoms in total. The predicted octanol–water partition coefficient (Wildman–Crippen LogP) is 5.12. The summed E-state index contributed by atoms with van der Waals surface area (Å²) in [6.45, 7) is 5.67. The third kappa shape index (κ3) is 5.26. The van der Waals surface area contributed by atoms with Crippen molar-refractivity contribution in [1.29, 1.82) is 0 Å². The molecule has 2 aromatic rings. The van der Waals surface area contributed by atoms with Crippen molar-refractivity contribution in [3.63, 3.8) is 0 Å². The standard InChI is InChI=1S/C25H29F3N2O2/c1-2-32-22-10-5-18(6-11-22)15-29-14-13-23-20(17-29)7-12-24(31)30(23)16-19-3-8-21(9-4-19)25(26,27)28/h3-6,8-11,20,23H,2,7,12-17H2,1H3/t20-,23+/m1/s1. The molecule has 0 bridgehead atoms. The molecule has 2 heterocycles. The van der Waals surface area contributed by atoms with E-state index in [4.69, 9.17) is 4.74 Å². The minimum atomic E-state index is -4.35. The van der Waals surface area contributed by atoms with Gasteiger partial charge in [0.15, 0.2) is 0 Å². The molecular formula is C25H29F3N2O2. The van der Waals surface area contributed by atoms with Gasteiger partial charge in [0, 0.05) is 38.6 Å². The van der Waals surface area contributed by atoms with Crippen molar-refractivity contribution >= 4 is 5.91 Å². The number of amides is 1. The van der Waals surface area contributed by atoms with Crippen LogP contribution in [0.5, 0.6) is 5.75 Å². The molecule has 2 fully saturated rings. The van der Waals surface area contributed by atoms with Crippen LogP contribution in [0.3, 0.4) is 0 Å². The Kier molecular flexibility index (Phi) is 6.74. The summed E-state index contributed by atoms with van der Waals surface area (Å²) in [4.78, 5) is 17.0. The molecule has 0 aromatic heterocycles. The molecule has 0 unspecified atom stereocenters. The average molecular weight is 447 g/mol. The quantitative estimate of drug-likeness (QED) is 0.618. The van der Waals surface area contributed by atoms with Crippen LogP contribution in [0.2, 0.25) is 0 Å².